The third kappa shape index (κ3) is 3.81. The second-order valence-electron chi connectivity index (χ2n) is 8.60. The number of ketones is 1. The Morgan fingerprint density at radius 2 is 1.78 bits per heavy atom. The van der Waals surface area contributed by atoms with Crippen LogP contribution in [0.15, 0.2) is 47.4 Å². The van der Waals surface area contributed by atoms with Crippen LogP contribution in [0, 0.1) is 19.8 Å². The Morgan fingerprint density at radius 3 is 2.47 bits per heavy atom. The lowest BCUT2D eigenvalue weighted by Gasteiger charge is -2.32. The molecule has 0 bridgehead atoms. The number of rotatable bonds is 4. The van der Waals surface area contributed by atoms with Gasteiger partial charge in [0.05, 0.1) is 12.6 Å². The lowest BCUT2D eigenvalue weighted by molar-refractivity contribution is 0.0635. The zero-order valence-corrected chi connectivity index (χ0v) is 19.0. The second-order valence-corrected chi connectivity index (χ2v) is 8.60. The molecule has 6 nitrogen and oxygen atoms in total. The molecule has 2 aromatic carbocycles. The number of hydrogen-bond donors (Lipinski definition) is 0. The minimum Gasteiger partial charge on any atom is -0.496 e. The summed E-state index contributed by atoms with van der Waals surface area (Å²) in [6.07, 6.45) is 3.06. The number of Topliss-reactive ketones (excluding diaryl/α,β-unsaturated/α-hetero) is 1. The minimum atomic E-state index is -0.309. The lowest BCUT2D eigenvalue weighted by atomic mass is 9.88. The molecule has 1 aliphatic heterocycles. The molecule has 166 valence electrons. The molecule has 6 heteroatoms. The molecular formula is C26H28N2O4. The van der Waals surface area contributed by atoms with Crippen molar-refractivity contribution >= 4 is 22.6 Å². The van der Waals surface area contributed by atoms with Crippen molar-refractivity contribution in [2.45, 2.75) is 26.7 Å². The van der Waals surface area contributed by atoms with Crippen LogP contribution in [0.1, 0.15) is 44.7 Å². The van der Waals surface area contributed by atoms with Crippen molar-refractivity contribution in [3.05, 3.63) is 75.1 Å². The quantitative estimate of drug-likeness (QED) is 0.587. The zero-order chi connectivity index (χ0) is 23.0. The van der Waals surface area contributed by atoms with E-state index in [2.05, 4.69) is 0 Å². The fraction of sp³-hybridized carbons (Fsp3) is 0.346. The summed E-state index contributed by atoms with van der Waals surface area (Å²) in [4.78, 5) is 41.2. The van der Waals surface area contributed by atoms with Gasteiger partial charge in [0.1, 0.15) is 11.3 Å². The number of amides is 1. The van der Waals surface area contributed by atoms with E-state index >= 15 is 0 Å². The molecule has 1 aromatic heterocycles. The van der Waals surface area contributed by atoms with Gasteiger partial charge in [0.2, 0.25) is 5.43 Å². The molecule has 3 aromatic rings. The van der Waals surface area contributed by atoms with Gasteiger partial charge in [-0.3, -0.25) is 14.4 Å². The van der Waals surface area contributed by atoms with Crippen LogP contribution in [-0.4, -0.2) is 41.4 Å². The van der Waals surface area contributed by atoms with Crippen LogP contribution in [0.3, 0.4) is 0 Å². The standard InChI is InChI=1S/C26H28N2O4/c1-16-12-19(13-17(2)25(16)32-4)23(29)18-8-7-11-28(14-18)26(31)21-15-27(3)22-10-6-5-9-20(22)24(21)30/h5-6,9-10,12-13,15,18H,7-8,11,14H2,1-4H3/t18-/m0/s1. The summed E-state index contributed by atoms with van der Waals surface area (Å²) in [6.45, 7) is 4.71. The number of aryl methyl sites for hydroxylation is 3. The van der Waals surface area contributed by atoms with E-state index in [1.807, 2.05) is 45.2 Å². The van der Waals surface area contributed by atoms with Crippen LogP contribution in [0.4, 0.5) is 0 Å². The summed E-state index contributed by atoms with van der Waals surface area (Å²) < 4.78 is 7.21. The van der Waals surface area contributed by atoms with E-state index in [0.717, 1.165) is 35.2 Å². The van der Waals surface area contributed by atoms with Crippen molar-refractivity contribution in [1.82, 2.24) is 9.47 Å². The van der Waals surface area contributed by atoms with Crippen molar-refractivity contribution in [1.29, 1.82) is 0 Å². The number of aromatic nitrogens is 1. The first-order valence-electron chi connectivity index (χ1n) is 10.9. The van der Waals surface area contributed by atoms with Gasteiger partial charge in [-0.15, -0.1) is 0 Å². The van der Waals surface area contributed by atoms with Crippen LogP contribution < -0.4 is 10.2 Å². The lowest BCUT2D eigenvalue weighted by Crippen LogP contribution is -2.43. The molecule has 0 radical (unpaired) electrons. The Morgan fingerprint density at radius 1 is 1.09 bits per heavy atom. The van der Waals surface area contributed by atoms with E-state index < -0.39 is 0 Å². The fourth-order valence-corrected chi connectivity index (χ4v) is 4.79. The molecule has 0 spiro atoms. The molecule has 1 aliphatic rings. The van der Waals surface area contributed by atoms with Crippen molar-refractivity contribution in [2.24, 2.45) is 13.0 Å². The van der Waals surface area contributed by atoms with Crippen LogP contribution >= 0.6 is 0 Å². The number of para-hydroxylation sites is 1. The summed E-state index contributed by atoms with van der Waals surface area (Å²) in [5, 5.41) is 0.523. The maximum absolute atomic E-state index is 13.3. The molecule has 0 aliphatic carbocycles. The maximum atomic E-state index is 13.3. The molecule has 4 rings (SSSR count). The van der Waals surface area contributed by atoms with Crippen molar-refractivity contribution < 1.29 is 14.3 Å². The molecular weight excluding hydrogens is 404 g/mol. The number of nitrogens with zero attached hydrogens (tertiary/aromatic N) is 2. The van der Waals surface area contributed by atoms with Gasteiger partial charge in [-0.05, 0) is 62.1 Å². The largest absolute Gasteiger partial charge is 0.496 e. The predicted octanol–water partition coefficient (Wildman–Crippen LogP) is 3.90. The molecule has 1 atom stereocenters. The molecule has 32 heavy (non-hydrogen) atoms. The van der Waals surface area contributed by atoms with Gasteiger partial charge in [-0.25, -0.2) is 0 Å². The van der Waals surface area contributed by atoms with Gasteiger partial charge in [-0.1, -0.05) is 12.1 Å². The molecule has 1 fully saturated rings. The highest BCUT2D eigenvalue weighted by atomic mass is 16.5. The average molecular weight is 433 g/mol. The Kier molecular flexibility index (Phi) is 5.87. The summed E-state index contributed by atoms with van der Waals surface area (Å²) >= 11 is 0. The van der Waals surface area contributed by atoms with E-state index in [-0.39, 0.29) is 28.6 Å². The number of carbonyl (C=O) groups excluding carboxylic acids is 2. The van der Waals surface area contributed by atoms with Crippen LogP contribution in [0.2, 0.25) is 0 Å². The highest BCUT2D eigenvalue weighted by molar-refractivity contribution is 6.00. The highest BCUT2D eigenvalue weighted by Gasteiger charge is 2.31. The van der Waals surface area contributed by atoms with Gasteiger partial charge in [0, 0.05) is 43.2 Å². The normalized spacial score (nSPS) is 16.2. The smallest absolute Gasteiger partial charge is 0.259 e. The van der Waals surface area contributed by atoms with E-state index in [9.17, 15) is 14.4 Å². The number of ether oxygens (including phenoxy) is 1. The van der Waals surface area contributed by atoms with Gasteiger partial charge < -0.3 is 14.2 Å². The number of benzene rings is 2. The number of likely N-dealkylation sites (tertiary alicyclic amines) is 1. The Bertz CT molecular complexity index is 1250. The molecule has 2 heterocycles. The Balaban J connectivity index is 1.60. The molecule has 1 saturated heterocycles. The van der Waals surface area contributed by atoms with E-state index in [4.69, 9.17) is 4.74 Å². The topological polar surface area (TPSA) is 68.6 Å². The van der Waals surface area contributed by atoms with Crippen molar-refractivity contribution in [2.75, 3.05) is 20.2 Å². The van der Waals surface area contributed by atoms with E-state index in [1.54, 1.807) is 34.9 Å². The molecule has 0 N–H and O–H groups in total. The second kappa shape index (κ2) is 8.61. The number of piperidine rings is 1. The summed E-state index contributed by atoms with van der Waals surface area (Å²) in [6, 6.07) is 11.0. The summed E-state index contributed by atoms with van der Waals surface area (Å²) in [5.74, 6) is 0.220. The van der Waals surface area contributed by atoms with Crippen LogP contribution in [-0.2, 0) is 7.05 Å². The summed E-state index contributed by atoms with van der Waals surface area (Å²) in [5.41, 5.74) is 3.14. The first-order valence-corrected chi connectivity index (χ1v) is 10.9. The van der Waals surface area contributed by atoms with Crippen molar-refractivity contribution in [3.8, 4) is 5.75 Å². The van der Waals surface area contributed by atoms with Gasteiger partial charge in [-0.2, -0.15) is 0 Å². The highest BCUT2D eigenvalue weighted by Crippen LogP contribution is 2.28. The van der Waals surface area contributed by atoms with Gasteiger partial charge in [0.25, 0.3) is 5.91 Å². The number of fused-ring (bicyclic) bond motifs is 1. The Labute approximate surface area is 187 Å². The van der Waals surface area contributed by atoms with E-state index in [0.29, 0.717) is 24.0 Å². The minimum absolute atomic E-state index is 0.0303. The monoisotopic (exact) mass is 432 g/mol. The molecule has 1 amide bonds. The summed E-state index contributed by atoms with van der Waals surface area (Å²) in [7, 11) is 3.45. The SMILES string of the molecule is COc1c(C)cc(C(=O)[C@H]2CCCN(C(=O)c3cn(C)c4ccccc4c3=O)C2)cc1C. The zero-order valence-electron chi connectivity index (χ0n) is 19.0. The first-order chi connectivity index (χ1) is 15.3. The van der Waals surface area contributed by atoms with E-state index in [1.165, 1.54) is 0 Å². The average Bonchev–Trinajstić information content (AvgIpc) is 2.80. The maximum Gasteiger partial charge on any atom is 0.259 e. The Hall–Kier alpha value is -3.41. The third-order valence-corrected chi connectivity index (χ3v) is 6.35. The predicted molar refractivity (Wildman–Crippen MR) is 125 cm³/mol. The number of pyridine rings is 1. The van der Waals surface area contributed by atoms with Crippen LogP contribution in [0.25, 0.3) is 10.9 Å². The molecule has 0 saturated carbocycles. The number of methoxy groups -OCH3 is 1. The van der Waals surface area contributed by atoms with Gasteiger partial charge >= 0.3 is 0 Å². The fourth-order valence-electron chi connectivity index (χ4n) is 4.79. The van der Waals surface area contributed by atoms with Crippen molar-refractivity contribution in [3.63, 3.8) is 0 Å². The van der Waals surface area contributed by atoms with Crippen LogP contribution in [0.5, 0.6) is 5.75 Å². The van der Waals surface area contributed by atoms with Gasteiger partial charge in [0.15, 0.2) is 5.78 Å². The number of hydrogen-bond acceptors (Lipinski definition) is 4. The third-order valence-electron chi connectivity index (χ3n) is 6.35. The number of carbonyl (C=O) groups is 2. The first kappa shape index (κ1) is 21.8. The molecule has 0 unspecified atom stereocenters.